The van der Waals surface area contributed by atoms with Gasteiger partial charge in [-0.15, -0.1) is 0 Å². The first-order chi connectivity index (χ1) is 9.09. The van der Waals surface area contributed by atoms with Crippen molar-refractivity contribution in [1.82, 2.24) is 5.32 Å². The zero-order valence-electron chi connectivity index (χ0n) is 11.9. The smallest absolute Gasteiger partial charge is 0.146 e. The molecule has 1 aromatic rings. The van der Waals surface area contributed by atoms with Gasteiger partial charge in [-0.25, -0.2) is 4.39 Å². The second-order valence-corrected chi connectivity index (χ2v) is 6.55. The van der Waals surface area contributed by atoms with Crippen LogP contribution in [0, 0.1) is 5.82 Å². The molecule has 1 aromatic carbocycles. The Bertz CT molecular complexity index is 423. The van der Waals surface area contributed by atoms with Crippen LogP contribution >= 0.6 is 11.8 Å². The maximum absolute atomic E-state index is 14.3. The summed E-state index contributed by atoms with van der Waals surface area (Å²) in [7, 11) is 0. The molecule has 0 aliphatic carbocycles. The summed E-state index contributed by atoms with van der Waals surface area (Å²) in [5.41, 5.74) is 1.86. The molecule has 1 aliphatic heterocycles. The summed E-state index contributed by atoms with van der Waals surface area (Å²) in [6.45, 7) is 8.05. The molecule has 2 rings (SSSR count). The van der Waals surface area contributed by atoms with E-state index in [1.807, 2.05) is 17.8 Å². The first-order valence-electron chi connectivity index (χ1n) is 6.94. The Hall–Kier alpha value is -0.740. The Kier molecular flexibility index (Phi) is 5.11. The summed E-state index contributed by atoms with van der Waals surface area (Å²) in [6, 6.07) is 6.21. The van der Waals surface area contributed by atoms with E-state index in [0.717, 1.165) is 35.8 Å². The van der Waals surface area contributed by atoms with Gasteiger partial charge in [0.25, 0.3) is 0 Å². The summed E-state index contributed by atoms with van der Waals surface area (Å²) in [5, 5.41) is 3.38. The van der Waals surface area contributed by atoms with E-state index in [-0.39, 0.29) is 5.82 Å². The van der Waals surface area contributed by atoms with Gasteiger partial charge in [0.1, 0.15) is 5.82 Å². The van der Waals surface area contributed by atoms with Crippen molar-refractivity contribution in [2.45, 2.75) is 39.4 Å². The van der Waals surface area contributed by atoms with Crippen molar-refractivity contribution in [3.8, 4) is 0 Å². The number of hydrogen-bond donors (Lipinski definition) is 1. The third-order valence-electron chi connectivity index (χ3n) is 3.43. The van der Waals surface area contributed by atoms with Gasteiger partial charge in [-0.2, -0.15) is 11.8 Å². The minimum atomic E-state index is -0.0955. The lowest BCUT2D eigenvalue weighted by Gasteiger charge is -2.36. The van der Waals surface area contributed by atoms with E-state index in [0.29, 0.717) is 12.1 Å². The van der Waals surface area contributed by atoms with Gasteiger partial charge in [-0.05, 0) is 18.6 Å². The van der Waals surface area contributed by atoms with E-state index in [1.165, 1.54) is 0 Å². The average molecular weight is 282 g/mol. The number of thioether (sulfide) groups is 1. The number of hydrogen-bond acceptors (Lipinski definition) is 3. The molecule has 4 heteroatoms. The monoisotopic (exact) mass is 282 g/mol. The molecule has 1 saturated heterocycles. The third kappa shape index (κ3) is 3.63. The van der Waals surface area contributed by atoms with Crippen molar-refractivity contribution in [3.63, 3.8) is 0 Å². The molecule has 0 amide bonds. The van der Waals surface area contributed by atoms with Gasteiger partial charge in [-0.1, -0.05) is 26.0 Å². The van der Waals surface area contributed by atoms with Gasteiger partial charge in [0.2, 0.25) is 0 Å². The van der Waals surface area contributed by atoms with Crippen LogP contribution in [0.4, 0.5) is 10.1 Å². The highest BCUT2D eigenvalue weighted by atomic mass is 32.2. The van der Waals surface area contributed by atoms with Crippen LogP contribution in [0.3, 0.4) is 0 Å². The Morgan fingerprint density at radius 1 is 1.47 bits per heavy atom. The van der Waals surface area contributed by atoms with E-state index < -0.39 is 0 Å². The molecule has 1 atom stereocenters. The van der Waals surface area contributed by atoms with E-state index in [9.17, 15) is 4.39 Å². The van der Waals surface area contributed by atoms with Crippen molar-refractivity contribution in [2.24, 2.45) is 0 Å². The van der Waals surface area contributed by atoms with Crippen molar-refractivity contribution >= 4 is 17.4 Å². The SMILES string of the molecule is CC(C)NCc1cccc(F)c1N1CCSCC1C. The molecular weight excluding hydrogens is 259 g/mol. The number of rotatable bonds is 4. The van der Waals surface area contributed by atoms with Gasteiger partial charge in [0.15, 0.2) is 0 Å². The number of para-hydroxylation sites is 1. The van der Waals surface area contributed by atoms with Crippen LogP contribution in [0.15, 0.2) is 18.2 Å². The van der Waals surface area contributed by atoms with E-state index in [4.69, 9.17) is 0 Å². The molecular formula is C15H23FN2S. The van der Waals surface area contributed by atoms with Crippen LogP contribution < -0.4 is 10.2 Å². The number of halogens is 1. The first-order valence-corrected chi connectivity index (χ1v) is 8.10. The fraction of sp³-hybridized carbons (Fsp3) is 0.600. The van der Waals surface area contributed by atoms with Crippen LogP contribution in [-0.2, 0) is 6.54 Å². The minimum absolute atomic E-state index is 0.0955. The first kappa shape index (κ1) is 14.7. The molecule has 1 N–H and O–H groups in total. The third-order valence-corrected chi connectivity index (χ3v) is 4.62. The Morgan fingerprint density at radius 3 is 2.95 bits per heavy atom. The summed E-state index contributed by atoms with van der Waals surface area (Å²) in [6.07, 6.45) is 0. The lowest BCUT2D eigenvalue weighted by atomic mass is 10.1. The van der Waals surface area contributed by atoms with E-state index in [1.54, 1.807) is 12.1 Å². The quantitative estimate of drug-likeness (QED) is 0.912. The summed E-state index contributed by atoms with van der Waals surface area (Å²) in [4.78, 5) is 2.23. The van der Waals surface area contributed by atoms with Crippen molar-refractivity contribution in [2.75, 3.05) is 23.0 Å². The number of nitrogens with zero attached hydrogens (tertiary/aromatic N) is 1. The highest BCUT2D eigenvalue weighted by Gasteiger charge is 2.23. The van der Waals surface area contributed by atoms with Crippen molar-refractivity contribution in [3.05, 3.63) is 29.6 Å². The normalized spacial score (nSPS) is 20.1. The second kappa shape index (κ2) is 6.62. The fourth-order valence-electron chi connectivity index (χ4n) is 2.40. The van der Waals surface area contributed by atoms with Gasteiger partial charge >= 0.3 is 0 Å². The zero-order chi connectivity index (χ0) is 13.8. The maximum atomic E-state index is 14.3. The predicted octanol–water partition coefficient (Wildman–Crippen LogP) is 3.27. The zero-order valence-corrected chi connectivity index (χ0v) is 12.8. The van der Waals surface area contributed by atoms with Crippen LogP contribution in [0.1, 0.15) is 26.3 Å². The van der Waals surface area contributed by atoms with Crippen LogP contribution in [0.2, 0.25) is 0 Å². The molecule has 0 saturated carbocycles. The fourth-order valence-corrected chi connectivity index (χ4v) is 3.41. The maximum Gasteiger partial charge on any atom is 0.146 e. The molecule has 1 aliphatic rings. The summed E-state index contributed by atoms with van der Waals surface area (Å²) < 4.78 is 14.3. The summed E-state index contributed by atoms with van der Waals surface area (Å²) >= 11 is 1.95. The Morgan fingerprint density at radius 2 is 2.26 bits per heavy atom. The molecule has 1 fully saturated rings. The molecule has 0 aromatic heterocycles. The molecule has 19 heavy (non-hydrogen) atoms. The van der Waals surface area contributed by atoms with Gasteiger partial charge in [0.05, 0.1) is 5.69 Å². The lowest BCUT2D eigenvalue weighted by molar-refractivity contribution is 0.571. The highest BCUT2D eigenvalue weighted by Crippen LogP contribution is 2.30. The van der Waals surface area contributed by atoms with Gasteiger partial charge in [-0.3, -0.25) is 0 Å². The molecule has 0 radical (unpaired) electrons. The molecule has 106 valence electrons. The number of benzene rings is 1. The molecule has 1 unspecified atom stereocenters. The topological polar surface area (TPSA) is 15.3 Å². The van der Waals surface area contributed by atoms with Crippen molar-refractivity contribution in [1.29, 1.82) is 0 Å². The van der Waals surface area contributed by atoms with Crippen molar-refractivity contribution < 1.29 is 4.39 Å². The number of nitrogens with one attached hydrogen (secondary N) is 1. The van der Waals surface area contributed by atoms with Gasteiger partial charge < -0.3 is 10.2 Å². The largest absolute Gasteiger partial charge is 0.365 e. The molecule has 0 spiro atoms. The van der Waals surface area contributed by atoms with E-state index >= 15 is 0 Å². The van der Waals surface area contributed by atoms with Gasteiger partial charge in [0, 0.05) is 36.7 Å². The highest BCUT2D eigenvalue weighted by molar-refractivity contribution is 7.99. The average Bonchev–Trinajstić information content (AvgIpc) is 2.37. The van der Waals surface area contributed by atoms with Crippen LogP contribution in [-0.4, -0.2) is 30.1 Å². The standard InChI is InChI=1S/C15H23FN2S/c1-11(2)17-9-13-5-4-6-14(16)15(13)18-7-8-19-10-12(18)3/h4-6,11-12,17H,7-10H2,1-3H3. The van der Waals surface area contributed by atoms with Crippen LogP contribution in [0.25, 0.3) is 0 Å². The van der Waals surface area contributed by atoms with E-state index in [2.05, 4.69) is 31.0 Å². The molecule has 2 nitrogen and oxygen atoms in total. The molecule has 1 heterocycles. The Balaban J connectivity index is 2.26. The minimum Gasteiger partial charge on any atom is -0.365 e. The predicted molar refractivity (Wildman–Crippen MR) is 82.5 cm³/mol. The number of anilines is 1. The second-order valence-electron chi connectivity index (χ2n) is 5.40. The van der Waals surface area contributed by atoms with Crippen LogP contribution in [0.5, 0.6) is 0 Å². The Labute approximate surface area is 119 Å². The lowest BCUT2D eigenvalue weighted by Crippen LogP contribution is -2.41. The molecule has 0 bridgehead atoms. The summed E-state index contributed by atoms with van der Waals surface area (Å²) in [5.74, 6) is 2.06.